The molecule has 0 saturated carbocycles. The minimum Gasteiger partial charge on any atom is -0.282 e. The van der Waals surface area contributed by atoms with E-state index in [-0.39, 0.29) is 17.3 Å². The summed E-state index contributed by atoms with van der Waals surface area (Å²) in [7, 11) is 0. The van der Waals surface area contributed by atoms with Crippen molar-refractivity contribution in [3.05, 3.63) is 39.9 Å². The molecule has 1 N–H and O–H groups in total. The molecule has 0 fully saturated rings. The highest BCUT2D eigenvalue weighted by Gasteiger charge is 2.36. The molecule has 0 aliphatic carbocycles. The summed E-state index contributed by atoms with van der Waals surface area (Å²) in [6.07, 6.45) is 1.67. The van der Waals surface area contributed by atoms with Crippen LogP contribution in [-0.2, 0) is 4.79 Å². The predicted molar refractivity (Wildman–Crippen MR) is 94.0 cm³/mol. The zero-order chi connectivity index (χ0) is 15.9. The molecule has 112 valence electrons. The van der Waals surface area contributed by atoms with Crippen LogP contribution in [0.4, 0.5) is 0 Å². The third kappa shape index (κ3) is 2.78. The highest BCUT2D eigenvalue weighted by molar-refractivity contribution is 9.10. The second-order valence-corrected chi connectivity index (χ2v) is 7.07. The van der Waals surface area contributed by atoms with Crippen molar-refractivity contribution in [1.29, 1.82) is 5.41 Å². The average molecular weight is 377 g/mol. The van der Waals surface area contributed by atoms with Crippen molar-refractivity contribution >= 4 is 55.7 Å². The van der Waals surface area contributed by atoms with Gasteiger partial charge in [-0.3, -0.25) is 10.2 Å². The maximum absolute atomic E-state index is 12.2. The smallest absolute Gasteiger partial charge is 0.282 e. The molecule has 0 aromatic heterocycles. The van der Waals surface area contributed by atoms with Gasteiger partial charge in [-0.2, -0.15) is 15.1 Å². The monoisotopic (exact) mass is 376 g/mol. The fourth-order valence-corrected chi connectivity index (χ4v) is 3.31. The lowest BCUT2D eigenvalue weighted by atomic mass is 10.1. The molecule has 0 bridgehead atoms. The first-order chi connectivity index (χ1) is 10.5. The van der Waals surface area contributed by atoms with Crippen LogP contribution in [-0.4, -0.2) is 27.0 Å². The van der Waals surface area contributed by atoms with E-state index in [1.54, 1.807) is 6.08 Å². The minimum atomic E-state index is -0.399. The van der Waals surface area contributed by atoms with E-state index in [9.17, 15) is 4.79 Å². The Bertz CT molecular complexity index is 767. The van der Waals surface area contributed by atoms with Crippen molar-refractivity contribution in [2.24, 2.45) is 16.0 Å². The Labute approximate surface area is 140 Å². The number of carbonyl (C=O) groups is 1. The third-order valence-corrected chi connectivity index (χ3v) is 4.83. The number of hydrogen-bond acceptors (Lipinski definition) is 4. The second-order valence-electron chi connectivity index (χ2n) is 5.17. The standard InChI is InChI=1S/C15H13BrN4OS/c1-8(2)14-19-20-12(17)11(13(21)18-15(20)22-14)7-9-4-3-5-10(16)6-9/h3-8,17H,1-2H3/b11-7-,17-12?. The van der Waals surface area contributed by atoms with E-state index in [1.807, 2.05) is 38.1 Å². The average Bonchev–Trinajstić information content (AvgIpc) is 2.88. The van der Waals surface area contributed by atoms with Gasteiger partial charge < -0.3 is 0 Å². The Morgan fingerprint density at radius 3 is 2.86 bits per heavy atom. The number of amides is 1. The van der Waals surface area contributed by atoms with Crippen molar-refractivity contribution in [1.82, 2.24) is 5.01 Å². The van der Waals surface area contributed by atoms with Crippen molar-refractivity contribution < 1.29 is 4.79 Å². The molecule has 0 spiro atoms. The van der Waals surface area contributed by atoms with Gasteiger partial charge in [0.05, 0.1) is 5.57 Å². The summed E-state index contributed by atoms with van der Waals surface area (Å²) in [6, 6.07) is 7.54. The quantitative estimate of drug-likeness (QED) is 0.799. The molecular weight excluding hydrogens is 364 g/mol. The first-order valence-corrected chi connectivity index (χ1v) is 8.32. The number of thioether (sulfide) groups is 1. The Balaban J connectivity index is 1.99. The van der Waals surface area contributed by atoms with Crippen molar-refractivity contribution in [3.8, 4) is 0 Å². The van der Waals surface area contributed by atoms with Crippen LogP contribution >= 0.6 is 27.7 Å². The van der Waals surface area contributed by atoms with Gasteiger partial charge in [0.1, 0.15) is 5.04 Å². The number of nitrogens with one attached hydrogen (secondary N) is 1. The lowest BCUT2D eigenvalue weighted by molar-refractivity contribution is -0.114. The summed E-state index contributed by atoms with van der Waals surface area (Å²) >= 11 is 4.75. The van der Waals surface area contributed by atoms with E-state index in [4.69, 9.17) is 5.41 Å². The summed E-state index contributed by atoms with van der Waals surface area (Å²) in [4.78, 5) is 16.3. The molecule has 1 aromatic rings. The lowest BCUT2D eigenvalue weighted by Gasteiger charge is -2.20. The number of halogens is 1. The molecule has 0 radical (unpaired) electrons. The fraction of sp³-hybridized carbons (Fsp3) is 0.200. The van der Waals surface area contributed by atoms with Crippen LogP contribution in [0.2, 0.25) is 0 Å². The maximum Gasteiger partial charge on any atom is 0.283 e. The topological polar surface area (TPSA) is 68.9 Å². The maximum atomic E-state index is 12.2. The van der Waals surface area contributed by atoms with Crippen LogP contribution < -0.4 is 0 Å². The van der Waals surface area contributed by atoms with Gasteiger partial charge in [-0.15, -0.1) is 0 Å². The Morgan fingerprint density at radius 2 is 2.18 bits per heavy atom. The molecule has 0 atom stereocenters. The van der Waals surface area contributed by atoms with Gasteiger partial charge in [0, 0.05) is 10.4 Å². The highest BCUT2D eigenvalue weighted by atomic mass is 79.9. The molecule has 0 saturated heterocycles. The third-order valence-electron chi connectivity index (χ3n) is 3.12. The van der Waals surface area contributed by atoms with Crippen LogP contribution in [0.5, 0.6) is 0 Å². The Kier molecular flexibility index (Phi) is 4.01. The first kappa shape index (κ1) is 15.2. The molecular formula is C15H13BrN4OS. The van der Waals surface area contributed by atoms with Crippen LogP contribution in [0, 0.1) is 11.3 Å². The van der Waals surface area contributed by atoms with Gasteiger partial charge in [-0.1, -0.05) is 41.9 Å². The molecule has 7 heteroatoms. The zero-order valence-electron chi connectivity index (χ0n) is 12.0. The summed E-state index contributed by atoms with van der Waals surface area (Å²) in [5.41, 5.74) is 1.08. The van der Waals surface area contributed by atoms with E-state index in [1.165, 1.54) is 16.8 Å². The molecule has 22 heavy (non-hydrogen) atoms. The molecule has 2 aliphatic rings. The number of benzene rings is 1. The summed E-state index contributed by atoms with van der Waals surface area (Å²) < 4.78 is 0.915. The van der Waals surface area contributed by atoms with Crippen molar-refractivity contribution in [2.45, 2.75) is 13.8 Å². The number of aliphatic imine (C=N–C) groups is 1. The highest BCUT2D eigenvalue weighted by Crippen LogP contribution is 2.30. The van der Waals surface area contributed by atoms with Gasteiger partial charge in [-0.05, 0) is 35.5 Å². The fourth-order valence-electron chi connectivity index (χ4n) is 2.00. The lowest BCUT2D eigenvalue weighted by Crippen LogP contribution is -2.35. The molecule has 2 heterocycles. The van der Waals surface area contributed by atoms with E-state index in [0.29, 0.717) is 5.17 Å². The molecule has 3 rings (SSSR count). The van der Waals surface area contributed by atoms with Gasteiger partial charge >= 0.3 is 0 Å². The number of hydrogen-bond donors (Lipinski definition) is 1. The minimum absolute atomic E-state index is 0.0677. The van der Waals surface area contributed by atoms with Crippen LogP contribution in [0.3, 0.4) is 0 Å². The number of carbonyl (C=O) groups excluding carboxylic acids is 1. The zero-order valence-corrected chi connectivity index (χ0v) is 14.4. The first-order valence-electron chi connectivity index (χ1n) is 6.71. The SMILES string of the molecule is CC(C)C1=NN2C(=N)/C(=C/c3cccc(Br)c3)C(=O)N=C2S1. The van der Waals surface area contributed by atoms with E-state index in [2.05, 4.69) is 26.0 Å². The molecule has 0 unspecified atom stereocenters. The number of hydrazone groups is 1. The van der Waals surface area contributed by atoms with Crippen molar-refractivity contribution in [3.63, 3.8) is 0 Å². The van der Waals surface area contributed by atoms with Gasteiger partial charge in [0.15, 0.2) is 5.84 Å². The van der Waals surface area contributed by atoms with Crippen LogP contribution in [0.1, 0.15) is 19.4 Å². The summed E-state index contributed by atoms with van der Waals surface area (Å²) in [6.45, 7) is 4.04. The van der Waals surface area contributed by atoms with Gasteiger partial charge in [0.25, 0.3) is 5.91 Å². The second kappa shape index (κ2) is 5.81. The Morgan fingerprint density at radius 1 is 1.41 bits per heavy atom. The number of amidine groups is 2. The largest absolute Gasteiger partial charge is 0.283 e. The van der Waals surface area contributed by atoms with Crippen LogP contribution in [0.15, 0.2) is 44.4 Å². The van der Waals surface area contributed by atoms with E-state index >= 15 is 0 Å². The van der Waals surface area contributed by atoms with Crippen molar-refractivity contribution in [2.75, 3.05) is 0 Å². The normalized spacial score (nSPS) is 19.6. The van der Waals surface area contributed by atoms with E-state index < -0.39 is 5.91 Å². The number of rotatable bonds is 2. The van der Waals surface area contributed by atoms with E-state index in [0.717, 1.165) is 15.1 Å². The number of fused-ring (bicyclic) bond motifs is 1. The molecule has 5 nitrogen and oxygen atoms in total. The summed E-state index contributed by atoms with van der Waals surface area (Å²) in [5.74, 6) is -0.0965. The molecule has 1 aromatic carbocycles. The molecule has 1 amide bonds. The van der Waals surface area contributed by atoms with Gasteiger partial charge in [0.2, 0.25) is 5.17 Å². The predicted octanol–water partition coefficient (Wildman–Crippen LogP) is 3.72. The van der Waals surface area contributed by atoms with Crippen LogP contribution in [0.25, 0.3) is 6.08 Å². The van der Waals surface area contributed by atoms with Gasteiger partial charge in [-0.25, -0.2) is 0 Å². The molecule has 2 aliphatic heterocycles. The number of nitrogens with zero attached hydrogens (tertiary/aromatic N) is 3. The Hall–Kier alpha value is -1.73. The summed E-state index contributed by atoms with van der Waals surface area (Å²) in [5, 5.41) is 15.4.